The van der Waals surface area contributed by atoms with Crippen LogP contribution in [0.3, 0.4) is 0 Å². The standard InChI is InChI=1S/C13H17N3O/c1-9-13(2,5-6-17-9)16-12-4-3-11(15)7-10(12)8-14/h3-4,7,9,16H,5-6,15H2,1-2H3. The maximum atomic E-state index is 9.09. The van der Waals surface area contributed by atoms with Gasteiger partial charge in [-0.3, -0.25) is 0 Å². The van der Waals surface area contributed by atoms with E-state index in [1.54, 1.807) is 12.1 Å². The third-order valence-corrected chi connectivity index (χ3v) is 3.47. The molecule has 1 aromatic rings. The number of hydrogen-bond acceptors (Lipinski definition) is 4. The van der Waals surface area contributed by atoms with E-state index in [-0.39, 0.29) is 11.6 Å². The summed E-state index contributed by atoms with van der Waals surface area (Å²) in [5.74, 6) is 0. The summed E-state index contributed by atoms with van der Waals surface area (Å²) in [5, 5.41) is 12.5. The summed E-state index contributed by atoms with van der Waals surface area (Å²) < 4.78 is 5.57. The first kappa shape index (κ1) is 11.7. The van der Waals surface area contributed by atoms with Crippen LogP contribution in [0.25, 0.3) is 0 Å². The molecule has 0 aliphatic carbocycles. The Morgan fingerprint density at radius 3 is 2.94 bits per heavy atom. The quantitative estimate of drug-likeness (QED) is 0.765. The summed E-state index contributed by atoms with van der Waals surface area (Å²) in [6.07, 6.45) is 1.07. The van der Waals surface area contributed by atoms with Crippen LogP contribution in [-0.4, -0.2) is 18.2 Å². The first-order valence-corrected chi connectivity index (χ1v) is 5.74. The minimum Gasteiger partial charge on any atom is -0.399 e. The second kappa shape index (κ2) is 4.27. The highest BCUT2D eigenvalue weighted by Gasteiger charge is 2.37. The van der Waals surface area contributed by atoms with E-state index in [9.17, 15) is 0 Å². The molecule has 4 heteroatoms. The maximum Gasteiger partial charge on any atom is 0.101 e. The number of anilines is 2. The molecule has 2 rings (SSSR count). The van der Waals surface area contributed by atoms with Crippen LogP contribution in [0.1, 0.15) is 25.8 Å². The largest absolute Gasteiger partial charge is 0.399 e. The molecule has 90 valence electrons. The van der Waals surface area contributed by atoms with E-state index in [0.29, 0.717) is 11.3 Å². The zero-order valence-electron chi connectivity index (χ0n) is 10.2. The van der Waals surface area contributed by atoms with Gasteiger partial charge >= 0.3 is 0 Å². The number of nitrogens with zero attached hydrogens (tertiary/aromatic N) is 1. The lowest BCUT2D eigenvalue weighted by atomic mass is 9.93. The van der Waals surface area contributed by atoms with Crippen molar-refractivity contribution in [2.75, 3.05) is 17.7 Å². The Hall–Kier alpha value is -1.73. The van der Waals surface area contributed by atoms with Crippen molar-refractivity contribution in [1.82, 2.24) is 0 Å². The normalized spacial score (nSPS) is 27.7. The van der Waals surface area contributed by atoms with Crippen molar-refractivity contribution in [1.29, 1.82) is 5.26 Å². The molecule has 2 atom stereocenters. The van der Waals surface area contributed by atoms with Gasteiger partial charge in [0.25, 0.3) is 0 Å². The summed E-state index contributed by atoms with van der Waals surface area (Å²) in [7, 11) is 0. The molecule has 4 nitrogen and oxygen atoms in total. The average Bonchev–Trinajstić information content (AvgIpc) is 2.62. The van der Waals surface area contributed by atoms with Gasteiger partial charge in [-0.05, 0) is 38.5 Å². The van der Waals surface area contributed by atoms with Gasteiger partial charge in [-0.25, -0.2) is 0 Å². The van der Waals surface area contributed by atoms with Gasteiger partial charge in [-0.1, -0.05) is 0 Å². The van der Waals surface area contributed by atoms with Gasteiger partial charge in [0.05, 0.1) is 22.9 Å². The monoisotopic (exact) mass is 231 g/mol. The number of nitrogen functional groups attached to an aromatic ring is 1. The SMILES string of the molecule is CC1OCCC1(C)Nc1ccc(N)cc1C#N. The summed E-state index contributed by atoms with van der Waals surface area (Å²) >= 11 is 0. The number of ether oxygens (including phenoxy) is 1. The van der Waals surface area contributed by atoms with Crippen LogP contribution < -0.4 is 11.1 Å². The van der Waals surface area contributed by atoms with Crippen LogP contribution in [0, 0.1) is 11.3 Å². The second-order valence-electron chi connectivity index (χ2n) is 4.72. The molecule has 3 N–H and O–H groups in total. The van der Waals surface area contributed by atoms with E-state index in [1.807, 2.05) is 13.0 Å². The van der Waals surface area contributed by atoms with Gasteiger partial charge in [0.15, 0.2) is 0 Å². The molecule has 1 aliphatic rings. The zero-order valence-corrected chi connectivity index (χ0v) is 10.2. The Labute approximate surface area is 101 Å². The highest BCUT2D eigenvalue weighted by atomic mass is 16.5. The van der Waals surface area contributed by atoms with Crippen molar-refractivity contribution < 1.29 is 4.74 Å². The summed E-state index contributed by atoms with van der Waals surface area (Å²) in [6, 6.07) is 7.50. The van der Waals surface area contributed by atoms with Crippen LogP contribution in [0.5, 0.6) is 0 Å². The molecule has 0 radical (unpaired) electrons. The van der Waals surface area contributed by atoms with Crippen molar-refractivity contribution in [3.63, 3.8) is 0 Å². The molecule has 1 saturated heterocycles. The van der Waals surface area contributed by atoms with Crippen LogP contribution >= 0.6 is 0 Å². The molecule has 0 aromatic heterocycles. The highest BCUT2D eigenvalue weighted by Crippen LogP contribution is 2.31. The number of rotatable bonds is 2. The Morgan fingerprint density at radius 1 is 1.59 bits per heavy atom. The fraction of sp³-hybridized carbons (Fsp3) is 0.462. The fourth-order valence-electron chi connectivity index (χ4n) is 2.07. The Bertz CT molecular complexity index is 466. The summed E-state index contributed by atoms with van der Waals surface area (Å²) in [6.45, 7) is 4.91. The molecular formula is C13H17N3O. The number of nitrogens with two attached hydrogens (primary N) is 1. The summed E-state index contributed by atoms with van der Waals surface area (Å²) in [4.78, 5) is 0. The Morgan fingerprint density at radius 2 is 2.35 bits per heavy atom. The van der Waals surface area contributed by atoms with Crippen LogP contribution in [-0.2, 0) is 4.74 Å². The number of benzene rings is 1. The molecule has 1 heterocycles. The van der Waals surface area contributed by atoms with Crippen molar-refractivity contribution in [3.05, 3.63) is 23.8 Å². The Balaban J connectivity index is 2.27. The van der Waals surface area contributed by atoms with Gasteiger partial charge in [-0.2, -0.15) is 5.26 Å². The lowest BCUT2D eigenvalue weighted by molar-refractivity contribution is 0.105. The second-order valence-corrected chi connectivity index (χ2v) is 4.72. The van der Waals surface area contributed by atoms with Gasteiger partial charge in [0, 0.05) is 12.3 Å². The van der Waals surface area contributed by atoms with Crippen molar-refractivity contribution in [2.24, 2.45) is 0 Å². The highest BCUT2D eigenvalue weighted by molar-refractivity contribution is 5.64. The predicted molar refractivity (Wildman–Crippen MR) is 67.6 cm³/mol. The third-order valence-electron chi connectivity index (χ3n) is 3.47. The number of hydrogen-bond donors (Lipinski definition) is 2. The minimum absolute atomic E-state index is 0.123. The lowest BCUT2D eigenvalue weighted by Gasteiger charge is -2.30. The fourth-order valence-corrected chi connectivity index (χ4v) is 2.07. The van der Waals surface area contributed by atoms with Gasteiger partial charge < -0.3 is 15.8 Å². The number of nitriles is 1. The van der Waals surface area contributed by atoms with Crippen molar-refractivity contribution in [2.45, 2.75) is 31.9 Å². The van der Waals surface area contributed by atoms with Crippen LogP contribution in [0.15, 0.2) is 18.2 Å². The van der Waals surface area contributed by atoms with Crippen LogP contribution in [0.4, 0.5) is 11.4 Å². The van der Waals surface area contributed by atoms with Crippen LogP contribution in [0.2, 0.25) is 0 Å². The molecule has 1 aromatic carbocycles. The van der Waals surface area contributed by atoms with Gasteiger partial charge in [-0.15, -0.1) is 0 Å². The molecule has 1 fully saturated rings. The molecule has 0 saturated carbocycles. The van der Waals surface area contributed by atoms with E-state index in [0.717, 1.165) is 18.7 Å². The lowest BCUT2D eigenvalue weighted by Crippen LogP contribution is -2.41. The molecule has 1 aliphatic heterocycles. The first-order chi connectivity index (χ1) is 8.05. The molecule has 2 unspecified atom stereocenters. The van der Waals surface area contributed by atoms with Gasteiger partial charge in [0.2, 0.25) is 0 Å². The molecule has 0 amide bonds. The molecule has 17 heavy (non-hydrogen) atoms. The zero-order chi connectivity index (χ0) is 12.5. The van der Waals surface area contributed by atoms with Crippen molar-refractivity contribution >= 4 is 11.4 Å². The summed E-state index contributed by atoms with van der Waals surface area (Å²) in [5.41, 5.74) is 7.54. The number of nitrogens with one attached hydrogen (secondary N) is 1. The topological polar surface area (TPSA) is 71.1 Å². The molecular weight excluding hydrogens is 214 g/mol. The van der Waals surface area contributed by atoms with Crippen molar-refractivity contribution in [3.8, 4) is 6.07 Å². The van der Waals surface area contributed by atoms with E-state index in [2.05, 4.69) is 18.3 Å². The first-order valence-electron chi connectivity index (χ1n) is 5.74. The molecule has 0 spiro atoms. The maximum absolute atomic E-state index is 9.09. The van der Waals surface area contributed by atoms with Gasteiger partial charge in [0.1, 0.15) is 6.07 Å². The van der Waals surface area contributed by atoms with E-state index in [4.69, 9.17) is 15.7 Å². The van der Waals surface area contributed by atoms with E-state index in [1.165, 1.54) is 0 Å². The smallest absolute Gasteiger partial charge is 0.101 e. The van der Waals surface area contributed by atoms with E-state index < -0.39 is 0 Å². The predicted octanol–water partition coefficient (Wildman–Crippen LogP) is 2.12. The van der Waals surface area contributed by atoms with E-state index >= 15 is 0 Å². The molecule has 0 bridgehead atoms. The Kier molecular flexibility index (Phi) is 2.95. The average molecular weight is 231 g/mol. The minimum atomic E-state index is -0.123. The third kappa shape index (κ3) is 2.20.